The smallest absolute Gasteiger partial charge is 0.338 e. The van der Waals surface area contributed by atoms with Crippen molar-refractivity contribution in [2.24, 2.45) is 0 Å². The predicted molar refractivity (Wildman–Crippen MR) is 126 cm³/mol. The molecule has 2 heterocycles. The number of benzene rings is 3. The SMILES string of the molecule is CCOC(=O)C1=C(c2ccc(F)cc2)Nc2nc3ccccc3n2C1c1cccc(Br)c1. The number of hydrogen-bond acceptors (Lipinski definition) is 4. The second-order valence-corrected chi connectivity index (χ2v) is 8.31. The topological polar surface area (TPSA) is 56.1 Å². The number of carbonyl (C=O) groups excluding carboxylic acids is 1. The summed E-state index contributed by atoms with van der Waals surface area (Å²) in [6.45, 7) is 2.01. The van der Waals surface area contributed by atoms with Gasteiger partial charge in [0.2, 0.25) is 5.95 Å². The summed E-state index contributed by atoms with van der Waals surface area (Å²) in [6.07, 6.45) is 0. The summed E-state index contributed by atoms with van der Waals surface area (Å²) in [5.74, 6) is -0.185. The van der Waals surface area contributed by atoms with Crippen molar-refractivity contribution < 1.29 is 13.9 Å². The molecular weight excluding hydrogens is 473 g/mol. The highest BCUT2D eigenvalue weighted by molar-refractivity contribution is 9.10. The van der Waals surface area contributed by atoms with Gasteiger partial charge in [0.05, 0.1) is 35.0 Å². The molecule has 0 aliphatic carbocycles. The van der Waals surface area contributed by atoms with Crippen LogP contribution in [0, 0.1) is 5.82 Å². The maximum atomic E-state index is 13.6. The van der Waals surface area contributed by atoms with E-state index in [1.165, 1.54) is 12.1 Å². The number of para-hydroxylation sites is 2. The number of fused-ring (bicyclic) bond motifs is 3. The predicted octanol–water partition coefficient (Wildman–Crippen LogP) is 5.93. The van der Waals surface area contributed by atoms with Crippen molar-refractivity contribution in [3.05, 3.63) is 99.8 Å². The molecule has 0 radical (unpaired) electrons. The average Bonchev–Trinajstić information content (AvgIpc) is 3.17. The first kappa shape index (κ1) is 20.5. The fourth-order valence-corrected chi connectivity index (χ4v) is 4.52. The number of esters is 1. The Kier molecular flexibility index (Phi) is 5.27. The lowest BCUT2D eigenvalue weighted by molar-refractivity contribution is -0.138. The monoisotopic (exact) mass is 491 g/mol. The molecule has 1 aromatic heterocycles. The Bertz CT molecular complexity index is 1360. The number of rotatable bonds is 4. The van der Waals surface area contributed by atoms with Crippen molar-refractivity contribution in [3.63, 3.8) is 0 Å². The van der Waals surface area contributed by atoms with E-state index in [-0.39, 0.29) is 12.4 Å². The second-order valence-electron chi connectivity index (χ2n) is 7.39. The minimum Gasteiger partial charge on any atom is -0.463 e. The summed E-state index contributed by atoms with van der Waals surface area (Å²) in [7, 11) is 0. The van der Waals surface area contributed by atoms with Crippen LogP contribution in [0.1, 0.15) is 24.1 Å². The molecule has 0 spiro atoms. The summed E-state index contributed by atoms with van der Waals surface area (Å²) < 4.78 is 22.0. The largest absolute Gasteiger partial charge is 0.463 e. The highest BCUT2D eigenvalue weighted by Gasteiger charge is 2.36. The van der Waals surface area contributed by atoms with Crippen LogP contribution in [0.4, 0.5) is 10.3 Å². The van der Waals surface area contributed by atoms with Crippen LogP contribution in [0.3, 0.4) is 0 Å². The van der Waals surface area contributed by atoms with E-state index in [1.54, 1.807) is 19.1 Å². The number of nitrogens with zero attached hydrogens (tertiary/aromatic N) is 2. The summed E-state index contributed by atoms with van der Waals surface area (Å²) in [6, 6.07) is 21.1. The molecule has 5 nitrogen and oxygen atoms in total. The first-order valence-corrected chi connectivity index (χ1v) is 11.0. The van der Waals surface area contributed by atoms with Crippen molar-refractivity contribution in [1.82, 2.24) is 9.55 Å². The van der Waals surface area contributed by atoms with Crippen molar-refractivity contribution in [1.29, 1.82) is 0 Å². The maximum Gasteiger partial charge on any atom is 0.338 e. The Labute approximate surface area is 192 Å². The Morgan fingerprint density at radius 2 is 1.91 bits per heavy atom. The van der Waals surface area contributed by atoms with Gasteiger partial charge in [0, 0.05) is 4.47 Å². The molecular formula is C25H19BrFN3O2. The molecule has 1 aliphatic heterocycles. The van der Waals surface area contributed by atoms with E-state index in [0.717, 1.165) is 21.1 Å². The van der Waals surface area contributed by atoms with E-state index in [9.17, 15) is 9.18 Å². The first-order chi connectivity index (χ1) is 15.6. The molecule has 1 unspecified atom stereocenters. The van der Waals surface area contributed by atoms with Crippen molar-refractivity contribution in [2.75, 3.05) is 11.9 Å². The van der Waals surface area contributed by atoms with Gasteiger partial charge < -0.3 is 10.1 Å². The number of carbonyl (C=O) groups is 1. The number of nitrogens with one attached hydrogen (secondary N) is 1. The van der Waals surface area contributed by atoms with Crippen LogP contribution >= 0.6 is 15.9 Å². The fourth-order valence-electron chi connectivity index (χ4n) is 4.10. The number of anilines is 1. The summed E-state index contributed by atoms with van der Waals surface area (Å²) in [5, 5.41) is 3.32. The second kappa shape index (κ2) is 8.24. The lowest BCUT2D eigenvalue weighted by Gasteiger charge is -2.31. The molecule has 5 rings (SSSR count). The zero-order chi connectivity index (χ0) is 22.2. The van der Waals surface area contributed by atoms with Crippen LogP contribution in [0.2, 0.25) is 0 Å². The number of aromatic nitrogens is 2. The van der Waals surface area contributed by atoms with Crippen molar-refractivity contribution in [2.45, 2.75) is 13.0 Å². The van der Waals surface area contributed by atoms with Gasteiger partial charge in [0.25, 0.3) is 0 Å². The van der Waals surface area contributed by atoms with Gasteiger partial charge in [-0.3, -0.25) is 4.57 Å². The molecule has 160 valence electrons. The molecule has 0 amide bonds. The highest BCUT2D eigenvalue weighted by atomic mass is 79.9. The van der Waals surface area contributed by atoms with Gasteiger partial charge in [-0.15, -0.1) is 0 Å². The molecule has 3 aromatic carbocycles. The third-order valence-corrected chi connectivity index (χ3v) is 5.92. The molecule has 0 bridgehead atoms. The van der Waals surface area contributed by atoms with E-state index in [0.29, 0.717) is 22.8 Å². The van der Waals surface area contributed by atoms with E-state index in [4.69, 9.17) is 9.72 Å². The number of halogens is 2. The quantitative estimate of drug-likeness (QED) is 0.359. The maximum absolute atomic E-state index is 13.6. The van der Waals surface area contributed by atoms with Crippen LogP contribution in [0.5, 0.6) is 0 Å². The number of hydrogen-bond donors (Lipinski definition) is 1. The van der Waals surface area contributed by atoms with Crippen LogP contribution < -0.4 is 5.32 Å². The molecule has 0 saturated heterocycles. The van der Waals surface area contributed by atoms with Crippen LogP contribution in [-0.4, -0.2) is 22.1 Å². The van der Waals surface area contributed by atoms with Gasteiger partial charge in [-0.25, -0.2) is 14.2 Å². The molecule has 7 heteroatoms. The minimum atomic E-state index is -0.491. The van der Waals surface area contributed by atoms with Crippen molar-refractivity contribution >= 4 is 44.6 Å². The number of ether oxygens (including phenoxy) is 1. The van der Waals surface area contributed by atoms with Crippen LogP contribution in [-0.2, 0) is 9.53 Å². The molecule has 1 N–H and O–H groups in total. The molecule has 32 heavy (non-hydrogen) atoms. The van der Waals surface area contributed by atoms with Gasteiger partial charge in [0.15, 0.2) is 0 Å². The zero-order valence-corrected chi connectivity index (χ0v) is 18.8. The first-order valence-electron chi connectivity index (χ1n) is 10.2. The molecule has 1 atom stereocenters. The Morgan fingerprint density at radius 1 is 1.12 bits per heavy atom. The summed E-state index contributed by atoms with van der Waals surface area (Å²) in [5.41, 5.74) is 4.25. The van der Waals surface area contributed by atoms with Gasteiger partial charge in [0.1, 0.15) is 5.82 Å². The third-order valence-electron chi connectivity index (χ3n) is 5.43. The molecule has 0 saturated carbocycles. The van der Waals surface area contributed by atoms with Gasteiger partial charge in [-0.1, -0.05) is 40.2 Å². The molecule has 4 aromatic rings. The summed E-state index contributed by atoms with van der Waals surface area (Å²) >= 11 is 3.55. The van der Waals surface area contributed by atoms with E-state index in [2.05, 4.69) is 21.2 Å². The lowest BCUT2D eigenvalue weighted by Crippen LogP contribution is -2.29. The van der Waals surface area contributed by atoms with E-state index < -0.39 is 12.0 Å². The zero-order valence-electron chi connectivity index (χ0n) is 17.2. The summed E-state index contributed by atoms with van der Waals surface area (Å²) in [4.78, 5) is 18.1. The van der Waals surface area contributed by atoms with E-state index >= 15 is 0 Å². The third kappa shape index (κ3) is 3.48. The standard InChI is InChI=1S/C25H19BrFN3O2/c1-2-32-24(31)21-22(15-10-12-18(27)13-11-15)29-25-28-19-8-3-4-9-20(19)30(25)23(21)16-6-5-7-17(26)14-16/h3-14,23H,2H2,1H3,(H,28,29). The molecule has 0 fully saturated rings. The Balaban J connectivity index is 1.83. The average molecular weight is 492 g/mol. The van der Waals surface area contributed by atoms with Crippen LogP contribution in [0.15, 0.2) is 82.8 Å². The normalized spacial score (nSPS) is 15.4. The van der Waals surface area contributed by atoms with Gasteiger partial charge in [-0.2, -0.15) is 0 Å². The minimum absolute atomic E-state index is 0.238. The number of imidazole rings is 1. The van der Waals surface area contributed by atoms with Crippen molar-refractivity contribution in [3.8, 4) is 0 Å². The Morgan fingerprint density at radius 3 is 2.66 bits per heavy atom. The van der Waals surface area contributed by atoms with E-state index in [1.807, 2.05) is 53.1 Å². The van der Waals surface area contributed by atoms with Crippen LogP contribution in [0.25, 0.3) is 16.7 Å². The lowest BCUT2D eigenvalue weighted by atomic mass is 9.92. The van der Waals surface area contributed by atoms with Gasteiger partial charge in [-0.05, 0) is 66.6 Å². The molecule has 1 aliphatic rings. The highest BCUT2D eigenvalue weighted by Crippen LogP contribution is 2.42. The van der Waals surface area contributed by atoms with Gasteiger partial charge >= 0.3 is 5.97 Å². The fraction of sp³-hybridized carbons (Fsp3) is 0.120. The Hall–Kier alpha value is -3.45.